The maximum Gasteiger partial charge on any atom is 0.303 e. The van der Waals surface area contributed by atoms with E-state index in [2.05, 4.69) is 0 Å². The molecule has 1 aromatic carbocycles. The molecule has 23 heavy (non-hydrogen) atoms. The van der Waals surface area contributed by atoms with Gasteiger partial charge in [-0.05, 0) is 19.4 Å². The molecular weight excluding hydrogens is 328 g/mol. The summed E-state index contributed by atoms with van der Waals surface area (Å²) in [5, 5.41) is 19.6. The number of rotatable bonds is 9. The number of non-ortho nitro benzene ring substituents is 1. The first kappa shape index (κ1) is 18.7. The van der Waals surface area contributed by atoms with E-state index in [0.29, 0.717) is 0 Å². The standard InChI is InChI=1S/C13H18N2O7S/c1-3-23(20,21)14(8-4-5-13(16)17)11-9-10(15(18)19)6-7-12(11)22-2/h6-7,9H,3-5,8H2,1-2H3,(H,16,17). The lowest BCUT2D eigenvalue weighted by molar-refractivity contribution is -0.384. The number of carboxylic acid groups (broad SMARTS) is 1. The Hall–Kier alpha value is -2.36. The van der Waals surface area contributed by atoms with Gasteiger partial charge in [0.15, 0.2) is 0 Å². The number of ether oxygens (including phenoxy) is 1. The van der Waals surface area contributed by atoms with Crippen LogP contribution in [0.4, 0.5) is 11.4 Å². The number of anilines is 1. The highest BCUT2D eigenvalue weighted by Crippen LogP contribution is 2.34. The van der Waals surface area contributed by atoms with E-state index in [1.54, 1.807) is 0 Å². The number of nitro benzene ring substituents is 1. The highest BCUT2D eigenvalue weighted by Gasteiger charge is 2.25. The second-order valence-electron chi connectivity index (χ2n) is 4.58. The van der Waals surface area contributed by atoms with E-state index >= 15 is 0 Å². The van der Waals surface area contributed by atoms with Crippen LogP contribution >= 0.6 is 0 Å². The number of sulfonamides is 1. The van der Waals surface area contributed by atoms with Crippen LogP contribution in [0.15, 0.2) is 18.2 Å². The Labute approximate surface area is 133 Å². The molecule has 10 heteroatoms. The molecule has 0 saturated heterocycles. The Morgan fingerprint density at radius 3 is 2.57 bits per heavy atom. The van der Waals surface area contributed by atoms with Gasteiger partial charge in [-0.3, -0.25) is 19.2 Å². The highest BCUT2D eigenvalue weighted by molar-refractivity contribution is 7.92. The number of nitro groups is 1. The van der Waals surface area contributed by atoms with Crippen molar-refractivity contribution in [2.45, 2.75) is 19.8 Å². The zero-order chi connectivity index (χ0) is 17.6. The molecule has 0 saturated carbocycles. The van der Waals surface area contributed by atoms with E-state index in [1.807, 2.05) is 0 Å². The lowest BCUT2D eigenvalue weighted by Gasteiger charge is -2.25. The molecule has 0 heterocycles. The number of aliphatic carboxylic acids is 1. The van der Waals surface area contributed by atoms with Crippen molar-refractivity contribution in [3.05, 3.63) is 28.3 Å². The Morgan fingerprint density at radius 2 is 2.09 bits per heavy atom. The van der Waals surface area contributed by atoms with Gasteiger partial charge in [0.2, 0.25) is 10.0 Å². The molecule has 0 aliphatic heterocycles. The maximum absolute atomic E-state index is 12.3. The largest absolute Gasteiger partial charge is 0.495 e. The number of nitrogens with zero attached hydrogens (tertiary/aromatic N) is 2. The van der Waals surface area contributed by atoms with E-state index in [4.69, 9.17) is 9.84 Å². The highest BCUT2D eigenvalue weighted by atomic mass is 32.2. The van der Waals surface area contributed by atoms with E-state index in [0.717, 1.165) is 10.4 Å². The molecule has 0 aromatic heterocycles. The minimum atomic E-state index is -3.75. The molecule has 1 aromatic rings. The first-order valence-electron chi connectivity index (χ1n) is 6.77. The van der Waals surface area contributed by atoms with Gasteiger partial charge in [-0.1, -0.05) is 0 Å². The normalized spacial score (nSPS) is 11.0. The minimum absolute atomic E-state index is 0.0222. The maximum atomic E-state index is 12.3. The molecule has 0 radical (unpaired) electrons. The van der Waals surface area contributed by atoms with Gasteiger partial charge in [-0.25, -0.2) is 8.42 Å². The van der Waals surface area contributed by atoms with Crippen molar-refractivity contribution in [3.63, 3.8) is 0 Å². The molecule has 0 unspecified atom stereocenters. The van der Waals surface area contributed by atoms with Crippen LogP contribution in [0.25, 0.3) is 0 Å². The van der Waals surface area contributed by atoms with Crippen LogP contribution in [0.2, 0.25) is 0 Å². The van der Waals surface area contributed by atoms with E-state index in [1.165, 1.54) is 26.2 Å². The van der Waals surface area contributed by atoms with Crippen molar-refractivity contribution in [1.82, 2.24) is 0 Å². The predicted molar refractivity (Wildman–Crippen MR) is 83.3 cm³/mol. The van der Waals surface area contributed by atoms with Crippen LogP contribution in [0.1, 0.15) is 19.8 Å². The van der Waals surface area contributed by atoms with Gasteiger partial charge in [0, 0.05) is 25.1 Å². The van der Waals surface area contributed by atoms with Crippen molar-refractivity contribution in [1.29, 1.82) is 0 Å². The van der Waals surface area contributed by atoms with Crippen molar-refractivity contribution in [2.75, 3.05) is 23.7 Å². The van der Waals surface area contributed by atoms with Crippen LogP contribution < -0.4 is 9.04 Å². The zero-order valence-electron chi connectivity index (χ0n) is 12.8. The van der Waals surface area contributed by atoms with Crippen molar-refractivity contribution < 1.29 is 28.0 Å². The van der Waals surface area contributed by atoms with Crippen LogP contribution in [0, 0.1) is 10.1 Å². The second-order valence-corrected chi connectivity index (χ2v) is 6.77. The van der Waals surface area contributed by atoms with Crippen LogP contribution in [-0.4, -0.2) is 43.8 Å². The molecule has 0 bridgehead atoms. The summed E-state index contributed by atoms with van der Waals surface area (Å²) < 4.78 is 30.6. The Morgan fingerprint density at radius 1 is 1.43 bits per heavy atom. The first-order chi connectivity index (χ1) is 10.7. The number of hydrogen-bond donors (Lipinski definition) is 1. The van der Waals surface area contributed by atoms with Crippen molar-refractivity contribution in [3.8, 4) is 5.75 Å². The average Bonchev–Trinajstić information content (AvgIpc) is 2.50. The number of hydrogen-bond acceptors (Lipinski definition) is 6. The number of benzene rings is 1. The Bertz CT molecular complexity index is 688. The van der Waals surface area contributed by atoms with Crippen molar-refractivity contribution >= 4 is 27.4 Å². The fraction of sp³-hybridized carbons (Fsp3) is 0.462. The van der Waals surface area contributed by atoms with Gasteiger partial charge in [0.05, 0.1) is 17.8 Å². The summed E-state index contributed by atoms with van der Waals surface area (Å²) in [6.45, 7) is 1.32. The fourth-order valence-corrected chi connectivity index (χ4v) is 3.09. The average molecular weight is 346 g/mol. The van der Waals surface area contributed by atoms with Crippen LogP contribution in [0.3, 0.4) is 0 Å². The second kappa shape index (κ2) is 7.77. The van der Waals surface area contributed by atoms with E-state index < -0.39 is 20.9 Å². The Kier molecular flexibility index (Phi) is 6.31. The van der Waals surface area contributed by atoms with E-state index in [9.17, 15) is 23.3 Å². The quantitative estimate of drug-likeness (QED) is 0.531. The van der Waals surface area contributed by atoms with Gasteiger partial charge in [-0.15, -0.1) is 0 Å². The summed E-state index contributed by atoms with van der Waals surface area (Å²) in [7, 11) is -2.43. The van der Waals surface area contributed by atoms with Gasteiger partial charge in [0.1, 0.15) is 11.4 Å². The lowest BCUT2D eigenvalue weighted by Crippen LogP contribution is -2.34. The molecule has 0 amide bonds. The summed E-state index contributed by atoms with van der Waals surface area (Å²) in [6, 6.07) is 3.62. The summed E-state index contributed by atoms with van der Waals surface area (Å²) in [6.07, 6.45) is -0.145. The summed E-state index contributed by atoms with van der Waals surface area (Å²) >= 11 is 0. The van der Waals surface area contributed by atoms with Crippen LogP contribution in [0.5, 0.6) is 5.75 Å². The summed E-state index contributed by atoms with van der Waals surface area (Å²) in [4.78, 5) is 20.9. The fourth-order valence-electron chi connectivity index (χ4n) is 1.93. The smallest absolute Gasteiger partial charge is 0.303 e. The third-order valence-electron chi connectivity index (χ3n) is 3.09. The number of methoxy groups -OCH3 is 1. The zero-order valence-corrected chi connectivity index (χ0v) is 13.6. The molecule has 0 atom stereocenters. The van der Waals surface area contributed by atoms with E-state index in [-0.39, 0.29) is 42.3 Å². The van der Waals surface area contributed by atoms with Gasteiger partial charge >= 0.3 is 5.97 Å². The lowest BCUT2D eigenvalue weighted by atomic mass is 10.2. The SMILES string of the molecule is CCS(=O)(=O)N(CCCC(=O)O)c1cc([N+](=O)[O-])ccc1OC. The first-order valence-corrected chi connectivity index (χ1v) is 8.38. The van der Waals surface area contributed by atoms with Gasteiger partial charge in [0.25, 0.3) is 5.69 Å². The van der Waals surface area contributed by atoms with Gasteiger partial charge < -0.3 is 9.84 Å². The predicted octanol–water partition coefficient (Wildman–Crippen LogP) is 1.62. The Balaban J connectivity index is 3.31. The molecular formula is C13H18N2O7S. The molecule has 9 nitrogen and oxygen atoms in total. The molecule has 128 valence electrons. The van der Waals surface area contributed by atoms with Crippen molar-refractivity contribution in [2.24, 2.45) is 0 Å². The number of carboxylic acids is 1. The topological polar surface area (TPSA) is 127 Å². The molecule has 1 N–H and O–H groups in total. The molecule has 0 aliphatic carbocycles. The monoisotopic (exact) mass is 346 g/mol. The number of carbonyl (C=O) groups is 1. The molecule has 1 rings (SSSR count). The summed E-state index contributed by atoms with van der Waals surface area (Å²) in [5.74, 6) is -1.13. The molecule has 0 spiro atoms. The third-order valence-corrected chi connectivity index (χ3v) is 4.87. The molecule has 0 fully saturated rings. The third kappa shape index (κ3) is 4.81. The minimum Gasteiger partial charge on any atom is -0.495 e. The van der Waals surface area contributed by atoms with Crippen LogP contribution in [-0.2, 0) is 14.8 Å². The summed E-state index contributed by atoms with van der Waals surface area (Å²) in [5.41, 5.74) is -0.260. The van der Waals surface area contributed by atoms with Gasteiger partial charge in [-0.2, -0.15) is 0 Å². The molecule has 0 aliphatic rings.